The predicted octanol–water partition coefficient (Wildman–Crippen LogP) is 2.35. The Bertz CT molecular complexity index is 410. The fraction of sp³-hybridized carbons (Fsp3) is 0.417. The Hall–Kier alpha value is -1.27. The lowest BCUT2D eigenvalue weighted by Gasteiger charge is -2.13. The van der Waals surface area contributed by atoms with Gasteiger partial charge in [0.05, 0.1) is 5.56 Å². The number of halogens is 4. The number of alkyl halides is 3. The lowest BCUT2D eigenvalue weighted by atomic mass is 10.1. The molecule has 0 aliphatic heterocycles. The molecular weight excluding hydrogens is 281 g/mol. The summed E-state index contributed by atoms with van der Waals surface area (Å²) in [6.07, 6.45) is -4.16. The highest BCUT2D eigenvalue weighted by Gasteiger charge is 2.32. The van der Waals surface area contributed by atoms with Crippen molar-refractivity contribution >= 4 is 18.3 Å². The smallest absolute Gasteiger partial charge is 0.352 e. The van der Waals surface area contributed by atoms with Crippen molar-refractivity contribution in [3.8, 4) is 0 Å². The molecule has 1 aromatic carbocycles. The number of rotatable bonds is 5. The van der Waals surface area contributed by atoms with E-state index in [1.807, 2.05) is 0 Å². The second kappa shape index (κ2) is 8.01. The van der Waals surface area contributed by atoms with Crippen LogP contribution in [0.15, 0.2) is 24.3 Å². The Morgan fingerprint density at radius 3 is 2.47 bits per heavy atom. The minimum atomic E-state index is -4.40. The first kappa shape index (κ1) is 17.7. The maximum atomic E-state index is 12.7. The van der Waals surface area contributed by atoms with Gasteiger partial charge in [0.1, 0.15) is 0 Å². The van der Waals surface area contributed by atoms with Gasteiger partial charge in [-0.3, -0.25) is 4.79 Å². The first-order valence-electron chi connectivity index (χ1n) is 5.51. The van der Waals surface area contributed by atoms with E-state index in [0.29, 0.717) is 6.54 Å². The number of amides is 1. The van der Waals surface area contributed by atoms with Crippen LogP contribution in [0.5, 0.6) is 0 Å². The van der Waals surface area contributed by atoms with Gasteiger partial charge in [-0.25, -0.2) is 0 Å². The number of hydrogen-bond acceptors (Lipinski definition) is 2. The zero-order valence-electron chi connectivity index (χ0n) is 10.4. The number of hydrogen-bond donors (Lipinski definition) is 2. The van der Waals surface area contributed by atoms with Crippen LogP contribution < -0.4 is 10.6 Å². The van der Waals surface area contributed by atoms with Crippen LogP contribution in [-0.4, -0.2) is 19.5 Å². The fourth-order valence-corrected chi connectivity index (χ4v) is 1.47. The summed E-state index contributed by atoms with van der Waals surface area (Å²) in [5, 5.41) is 5.26. The van der Waals surface area contributed by atoms with Crippen molar-refractivity contribution < 1.29 is 18.0 Å². The fourth-order valence-electron chi connectivity index (χ4n) is 1.47. The van der Waals surface area contributed by atoms with Crippen LogP contribution in [0.2, 0.25) is 0 Å². The maximum absolute atomic E-state index is 12.7. The number of carbonyl (C=O) groups is 1. The molecule has 108 valence electrons. The van der Waals surface area contributed by atoms with E-state index < -0.39 is 11.7 Å². The van der Waals surface area contributed by atoms with E-state index in [4.69, 9.17) is 0 Å². The number of nitrogens with one attached hydrogen (secondary N) is 2. The Kier molecular flexibility index (Phi) is 7.48. The highest BCUT2D eigenvalue weighted by molar-refractivity contribution is 5.85. The van der Waals surface area contributed by atoms with Crippen molar-refractivity contribution in [2.45, 2.75) is 19.1 Å². The van der Waals surface area contributed by atoms with Gasteiger partial charge in [0.25, 0.3) is 0 Å². The lowest BCUT2D eigenvalue weighted by Crippen LogP contribution is -2.27. The molecule has 1 aromatic rings. The maximum Gasteiger partial charge on any atom is 0.416 e. The Balaban J connectivity index is 0.00000324. The van der Waals surface area contributed by atoms with Gasteiger partial charge in [0.2, 0.25) is 5.91 Å². The van der Waals surface area contributed by atoms with Gasteiger partial charge >= 0.3 is 6.18 Å². The largest absolute Gasteiger partial charge is 0.416 e. The lowest BCUT2D eigenvalue weighted by molar-refractivity contribution is -0.138. The molecule has 2 N–H and O–H groups in total. The minimum Gasteiger partial charge on any atom is -0.352 e. The van der Waals surface area contributed by atoms with Crippen molar-refractivity contribution in [2.24, 2.45) is 0 Å². The zero-order valence-corrected chi connectivity index (χ0v) is 11.2. The van der Waals surface area contributed by atoms with Gasteiger partial charge < -0.3 is 10.6 Å². The third kappa shape index (κ3) is 5.94. The highest BCUT2D eigenvalue weighted by Crippen LogP contribution is 2.31. The van der Waals surface area contributed by atoms with Crippen LogP contribution in [0, 0.1) is 0 Å². The van der Waals surface area contributed by atoms with Crippen LogP contribution in [0.4, 0.5) is 13.2 Å². The van der Waals surface area contributed by atoms with E-state index in [-0.39, 0.29) is 36.8 Å². The predicted molar refractivity (Wildman–Crippen MR) is 69.1 cm³/mol. The monoisotopic (exact) mass is 296 g/mol. The van der Waals surface area contributed by atoms with E-state index >= 15 is 0 Å². The van der Waals surface area contributed by atoms with Gasteiger partial charge in [0, 0.05) is 19.5 Å². The van der Waals surface area contributed by atoms with E-state index in [0.717, 1.165) is 6.07 Å². The van der Waals surface area contributed by atoms with Crippen LogP contribution in [0.1, 0.15) is 17.5 Å². The first-order chi connectivity index (χ1) is 8.45. The molecule has 0 atom stereocenters. The molecule has 19 heavy (non-hydrogen) atoms. The summed E-state index contributed by atoms with van der Waals surface area (Å²) in [6.45, 7) is 0.380. The number of carbonyl (C=O) groups excluding carboxylic acids is 1. The molecule has 0 bridgehead atoms. The molecule has 1 rings (SSSR count). The van der Waals surface area contributed by atoms with Gasteiger partial charge in [-0.1, -0.05) is 18.2 Å². The normalized spacial score (nSPS) is 10.7. The van der Waals surface area contributed by atoms with E-state index in [9.17, 15) is 18.0 Å². The van der Waals surface area contributed by atoms with E-state index in [1.54, 1.807) is 7.05 Å². The van der Waals surface area contributed by atoms with Crippen LogP contribution in [0.3, 0.4) is 0 Å². The molecule has 0 saturated heterocycles. The molecule has 0 heterocycles. The Morgan fingerprint density at radius 2 is 1.89 bits per heavy atom. The Morgan fingerprint density at radius 1 is 1.26 bits per heavy atom. The first-order valence-corrected chi connectivity index (χ1v) is 5.51. The second-order valence-corrected chi connectivity index (χ2v) is 3.79. The molecular formula is C12H16ClF3N2O. The average molecular weight is 297 g/mol. The Labute approximate surface area is 116 Å². The molecule has 0 unspecified atom stereocenters. The molecule has 0 fully saturated rings. The van der Waals surface area contributed by atoms with Gasteiger partial charge in [-0.15, -0.1) is 12.4 Å². The van der Waals surface area contributed by atoms with Crippen LogP contribution in [-0.2, 0) is 17.5 Å². The van der Waals surface area contributed by atoms with Crippen molar-refractivity contribution in [3.05, 3.63) is 35.4 Å². The molecule has 0 aliphatic rings. The molecule has 3 nitrogen and oxygen atoms in total. The van der Waals surface area contributed by atoms with E-state index in [1.165, 1.54) is 18.2 Å². The molecule has 1 amide bonds. The molecule has 0 spiro atoms. The minimum absolute atomic E-state index is 0. The van der Waals surface area contributed by atoms with Crippen molar-refractivity contribution in [3.63, 3.8) is 0 Å². The summed E-state index contributed by atoms with van der Waals surface area (Å²) in [7, 11) is 1.70. The summed E-state index contributed by atoms with van der Waals surface area (Å²) < 4.78 is 38.0. The summed E-state index contributed by atoms with van der Waals surface area (Å²) in [5.41, 5.74) is -0.637. The highest BCUT2D eigenvalue weighted by atomic mass is 35.5. The topological polar surface area (TPSA) is 41.1 Å². The van der Waals surface area contributed by atoms with Crippen molar-refractivity contribution in [1.29, 1.82) is 0 Å². The zero-order chi connectivity index (χ0) is 13.6. The molecule has 0 saturated carbocycles. The molecule has 0 aromatic heterocycles. The van der Waals surface area contributed by atoms with Crippen molar-refractivity contribution in [1.82, 2.24) is 10.6 Å². The summed E-state index contributed by atoms with van der Waals surface area (Å²) in [5.74, 6) is -0.277. The third-order valence-electron chi connectivity index (χ3n) is 2.40. The standard InChI is InChI=1S/C12H15F3N2O.ClH/c1-16-7-6-11(18)17-8-9-4-2-3-5-10(9)12(13,14)15;/h2-5,16H,6-8H2,1H3,(H,17,18);1H. The van der Waals surface area contributed by atoms with Gasteiger partial charge in [0.15, 0.2) is 0 Å². The summed E-state index contributed by atoms with van der Waals surface area (Å²) >= 11 is 0. The van der Waals surface area contributed by atoms with E-state index in [2.05, 4.69) is 10.6 Å². The van der Waals surface area contributed by atoms with Crippen molar-refractivity contribution in [2.75, 3.05) is 13.6 Å². The van der Waals surface area contributed by atoms with Crippen LogP contribution in [0.25, 0.3) is 0 Å². The molecule has 0 radical (unpaired) electrons. The van der Waals surface area contributed by atoms with Gasteiger partial charge in [-0.05, 0) is 18.7 Å². The summed E-state index contributed by atoms with van der Waals surface area (Å²) in [6, 6.07) is 5.22. The molecule has 0 aliphatic carbocycles. The summed E-state index contributed by atoms with van der Waals surface area (Å²) in [4.78, 5) is 11.3. The number of benzene rings is 1. The van der Waals surface area contributed by atoms with Crippen LogP contribution >= 0.6 is 12.4 Å². The third-order valence-corrected chi connectivity index (χ3v) is 2.40. The molecule has 7 heteroatoms. The quantitative estimate of drug-likeness (QED) is 0.876. The second-order valence-electron chi connectivity index (χ2n) is 3.79. The van der Waals surface area contributed by atoms with Gasteiger partial charge in [-0.2, -0.15) is 13.2 Å². The average Bonchev–Trinajstić information content (AvgIpc) is 2.33. The SMILES string of the molecule is CNCCC(=O)NCc1ccccc1C(F)(F)F.Cl.